The number of ketones is 1. The van der Waals surface area contributed by atoms with E-state index in [0.29, 0.717) is 12.2 Å². The van der Waals surface area contributed by atoms with E-state index in [1.807, 2.05) is 34.6 Å². The molecular formula is C10H20OS. The maximum Gasteiger partial charge on any atom is 0.138 e. The van der Waals surface area contributed by atoms with Crippen LogP contribution in [0.3, 0.4) is 0 Å². The van der Waals surface area contributed by atoms with Gasteiger partial charge in [0.05, 0.1) is 0 Å². The van der Waals surface area contributed by atoms with Crippen molar-refractivity contribution in [3.63, 3.8) is 0 Å². The molecule has 0 aromatic rings. The molecule has 2 heteroatoms. The van der Waals surface area contributed by atoms with Crippen LogP contribution in [0.15, 0.2) is 0 Å². The van der Waals surface area contributed by atoms with E-state index in [1.165, 1.54) is 0 Å². The Bertz CT molecular complexity index is 165. The summed E-state index contributed by atoms with van der Waals surface area (Å²) in [5.41, 5.74) is -0.222. The van der Waals surface area contributed by atoms with Crippen molar-refractivity contribution < 1.29 is 4.79 Å². The quantitative estimate of drug-likeness (QED) is 0.671. The highest BCUT2D eigenvalue weighted by atomic mass is 32.1. The smallest absolute Gasteiger partial charge is 0.138 e. The molecule has 0 rings (SSSR count). The predicted octanol–water partition coefficient (Wildman–Crippen LogP) is 3.09. The molecular weight excluding hydrogens is 168 g/mol. The average Bonchev–Trinajstić information content (AvgIpc) is 1.80. The van der Waals surface area contributed by atoms with Crippen LogP contribution in [-0.4, -0.2) is 10.5 Å². The fourth-order valence-corrected chi connectivity index (χ4v) is 2.05. The normalized spacial score (nSPS) is 13.2. The Kier molecular flexibility index (Phi) is 3.83. The van der Waals surface area contributed by atoms with Gasteiger partial charge in [-0.2, -0.15) is 12.6 Å². The standard InChI is InChI=1S/C10H20OS/c1-6-8(11)9(2,3)7-10(4,5)12/h12H,6-7H2,1-5H3. The minimum atomic E-state index is -0.222. The summed E-state index contributed by atoms with van der Waals surface area (Å²) in [6.45, 7) is 9.99. The molecule has 0 saturated heterocycles. The van der Waals surface area contributed by atoms with Crippen molar-refractivity contribution in [2.75, 3.05) is 0 Å². The minimum Gasteiger partial charge on any atom is -0.299 e. The highest BCUT2D eigenvalue weighted by Crippen LogP contribution is 2.33. The van der Waals surface area contributed by atoms with Crippen LogP contribution in [-0.2, 0) is 4.79 Å². The van der Waals surface area contributed by atoms with Gasteiger partial charge < -0.3 is 0 Å². The van der Waals surface area contributed by atoms with Gasteiger partial charge in [0.15, 0.2) is 0 Å². The van der Waals surface area contributed by atoms with Gasteiger partial charge >= 0.3 is 0 Å². The lowest BCUT2D eigenvalue weighted by Crippen LogP contribution is -2.30. The number of hydrogen-bond acceptors (Lipinski definition) is 2. The summed E-state index contributed by atoms with van der Waals surface area (Å²) in [5, 5.41) is 0. The molecule has 0 aromatic heterocycles. The molecule has 72 valence electrons. The van der Waals surface area contributed by atoms with Crippen LogP contribution >= 0.6 is 12.6 Å². The van der Waals surface area contributed by atoms with Crippen molar-refractivity contribution in [3.05, 3.63) is 0 Å². The van der Waals surface area contributed by atoms with Gasteiger partial charge in [-0.3, -0.25) is 4.79 Å². The van der Waals surface area contributed by atoms with Gasteiger partial charge in [-0.15, -0.1) is 0 Å². The third-order valence-corrected chi connectivity index (χ3v) is 2.11. The van der Waals surface area contributed by atoms with Crippen molar-refractivity contribution in [3.8, 4) is 0 Å². The summed E-state index contributed by atoms with van der Waals surface area (Å²) >= 11 is 4.43. The summed E-state index contributed by atoms with van der Waals surface area (Å²) in [6, 6.07) is 0. The first-order chi connectivity index (χ1) is 5.19. The topological polar surface area (TPSA) is 17.1 Å². The maximum absolute atomic E-state index is 11.5. The van der Waals surface area contributed by atoms with E-state index in [-0.39, 0.29) is 10.2 Å². The summed E-state index contributed by atoms with van der Waals surface area (Å²) in [7, 11) is 0. The number of carbonyl (C=O) groups is 1. The molecule has 12 heavy (non-hydrogen) atoms. The SMILES string of the molecule is CCC(=O)C(C)(C)CC(C)(C)S. The van der Waals surface area contributed by atoms with E-state index >= 15 is 0 Å². The number of hydrogen-bond donors (Lipinski definition) is 1. The van der Waals surface area contributed by atoms with E-state index in [9.17, 15) is 4.79 Å². The maximum atomic E-state index is 11.5. The van der Waals surface area contributed by atoms with E-state index < -0.39 is 0 Å². The molecule has 0 amide bonds. The van der Waals surface area contributed by atoms with E-state index in [1.54, 1.807) is 0 Å². The fraction of sp³-hybridized carbons (Fsp3) is 0.900. The number of thiol groups is 1. The van der Waals surface area contributed by atoms with Crippen LogP contribution < -0.4 is 0 Å². The summed E-state index contributed by atoms with van der Waals surface area (Å²) in [5.74, 6) is 0.324. The van der Waals surface area contributed by atoms with Crippen molar-refractivity contribution in [1.29, 1.82) is 0 Å². The second-order valence-electron chi connectivity index (χ2n) is 4.65. The predicted molar refractivity (Wildman–Crippen MR) is 56.8 cm³/mol. The van der Waals surface area contributed by atoms with Crippen molar-refractivity contribution in [2.45, 2.75) is 52.2 Å². The second-order valence-corrected chi connectivity index (χ2v) is 5.86. The molecule has 0 spiro atoms. The third-order valence-electron chi connectivity index (χ3n) is 1.95. The lowest BCUT2D eigenvalue weighted by atomic mass is 9.79. The Labute approximate surface area is 81.3 Å². The molecule has 0 N–H and O–H groups in total. The zero-order valence-electron chi connectivity index (χ0n) is 8.77. The minimum absolute atomic E-state index is 0.0612. The van der Waals surface area contributed by atoms with Crippen LogP contribution in [0, 0.1) is 5.41 Å². The monoisotopic (exact) mass is 188 g/mol. The Morgan fingerprint density at radius 1 is 1.25 bits per heavy atom. The van der Waals surface area contributed by atoms with Gasteiger partial charge in [-0.25, -0.2) is 0 Å². The van der Waals surface area contributed by atoms with Crippen LogP contribution in [0.1, 0.15) is 47.5 Å². The number of carbonyl (C=O) groups excluding carboxylic acids is 1. The zero-order valence-corrected chi connectivity index (χ0v) is 9.66. The molecule has 0 fully saturated rings. The molecule has 0 aliphatic carbocycles. The number of Topliss-reactive ketones (excluding diaryl/α,β-unsaturated/α-hetero) is 1. The molecule has 0 atom stereocenters. The van der Waals surface area contributed by atoms with E-state index in [2.05, 4.69) is 12.6 Å². The Hall–Kier alpha value is 0.0200. The molecule has 0 saturated carbocycles. The lowest BCUT2D eigenvalue weighted by Gasteiger charge is -2.30. The zero-order chi connectivity index (χ0) is 9.99. The largest absolute Gasteiger partial charge is 0.299 e. The van der Waals surface area contributed by atoms with Gasteiger partial charge in [0.25, 0.3) is 0 Å². The van der Waals surface area contributed by atoms with Gasteiger partial charge in [0.2, 0.25) is 0 Å². The van der Waals surface area contributed by atoms with E-state index in [4.69, 9.17) is 0 Å². The molecule has 0 unspecified atom stereocenters. The summed E-state index contributed by atoms with van der Waals surface area (Å²) < 4.78 is -0.0612. The molecule has 1 nitrogen and oxygen atoms in total. The van der Waals surface area contributed by atoms with Crippen LogP contribution in [0.4, 0.5) is 0 Å². The second kappa shape index (κ2) is 3.82. The third kappa shape index (κ3) is 4.15. The van der Waals surface area contributed by atoms with Crippen LogP contribution in [0.2, 0.25) is 0 Å². The number of rotatable bonds is 4. The summed E-state index contributed by atoms with van der Waals surface area (Å²) in [6.07, 6.45) is 1.45. The molecule has 0 aliphatic rings. The Morgan fingerprint density at radius 2 is 1.67 bits per heavy atom. The summed E-state index contributed by atoms with van der Waals surface area (Å²) in [4.78, 5) is 11.5. The first-order valence-corrected chi connectivity index (χ1v) is 4.89. The molecule has 0 aromatic carbocycles. The lowest BCUT2D eigenvalue weighted by molar-refractivity contribution is -0.127. The Balaban J connectivity index is 4.32. The van der Waals surface area contributed by atoms with Gasteiger partial charge in [0.1, 0.15) is 5.78 Å². The van der Waals surface area contributed by atoms with E-state index in [0.717, 1.165) is 6.42 Å². The molecule has 0 heterocycles. The van der Waals surface area contributed by atoms with Crippen molar-refractivity contribution in [1.82, 2.24) is 0 Å². The first-order valence-electron chi connectivity index (χ1n) is 4.45. The van der Waals surface area contributed by atoms with Gasteiger partial charge in [-0.05, 0) is 6.42 Å². The average molecular weight is 188 g/mol. The highest BCUT2D eigenvalue weighted by molar-refractivity contribution is 7.81. The van der Waals surface area contributed by atoms with Crippen LogP contribution in [0.5, 0.6) is 0 Å². The van der Waals surface area contributed by atoms with Crippen LogP contribution in [0.25, 0.3) is 0 Å². The fourth-order valence-electron chi connectivity index (χ4n) is 1.66. The van der Waals surface area contributed by atoms with Crippen molar-refractivity contribution >= 4 is 18.4 Å². The molecule has 0 aliphatic heterocycles. The van der Waals surface area contributed by atoms with Gasteiger partial charge in [-0.1, -0.05) is 34.6 Å². The highest BCUT2D eigenvalue weighted by Gasteiger charge is 2.31. The molecule has 0 bridgehead atoms. The molecule has 0 radical (unpaired) electrons. The van der Waals surface area contributed by atoms with Gasteiger partial charge in [0, 0.05) is 16.6 Å². The Morgan fingerprint density at radius 3 is 1.92 bits per heavy atom. The first kappa shape index (κ1) is 12.0. The van der Waals surface area contributed by atoms with Crippen molar-refractivity contribution in [2.24, 2.45) is 5.41 Å².